The van der Waals surface area contributed by atoms with Crippen molar-refractivity contribution < 1.29 is 28.7 Å². The molecular weight excluding hydrogens is 853 g/mol. The first-order valence-electron chi connectivity index (χ1n) is 24.6. The van der Waals surface area contributed by atoms with Gasteiger partial charge in [-0.3, -0.25) is 30.0 Å². The molecule has 12 nitrogen and oxygen atoms in total. The first kappa shape index (κ1) is 48.8. The second-order valence-electron chi connectivity index (χ2n) is 17.0. The Bertz CT molecular complexity index is 2600. The average molecular weight is 919 g/mol. The number of rotatable bonds is 8. The molecule has 2 saturated carbocycles. The number of nitrogens with one attached hydrogen (secondary N) is 2. The normalized spacial score (nSPS) is 14.8. The van der Waals surface area contributed by atoms with E-state index in [1.54, 1.807) is 9.80 Å². The molecule has 0 spiro atoms. The van der Waals surface area contributed by atoms with Gasteiger partial charge >= 0.3 is 12.2 Å². The highest BCUT2D eigenvalue weighted by atomic mass is 16.6. The molecule has 0 radical (unpaired) electrons. The first-order chi connectivity index (χ1) is 33.3. The predicted octanol–water partition coefficient (Wildman–Crippen LogP) is 12.9. The van der Waals surface area contributed by atoms with Crippen LogP contribution in [0.4, 0.5) is 43.7 Å². The minimum atomic E-state index is -0.441. The monoisotopic (exact) mass is 919 g/mol. The number of amides is 4. The van der Waals surface area contributed by atoms with Crippen LogP contribution in [-0.4, -0.2) is 45.3 Å². The number of fused-ring (bicyclic) bond motifs is 4. The number of benzene rings is 4. The van der Waals surface area contributed by atoms with Crippen LogP contribution in [0.3, 0.4) is 0 Å². The van der Waals surface area contributed by atoms with Crippen molar-refractivity contribution >= 4 is 58.1 Å². The van der Waals surface area contributed by atoms with Gasteiger partial charge < -0.3 is 18.6 Å². The Morgan fingerprint density at radius 2 is 0.824 bits per heavy atom. The Morgan fingerprint density at radius 3 is 1.21 bits per heavy atom. The van der Waals surface area contributed by atoms with Gasteiger partial charge in [0.15, 0.2) is 0 Å². The third-order valence-electron chi connectivity index (χ3n) is 12.6. The molecule has 2 N–H and O–H groups in total. The third kappa shape index (κ3) is 12.3. The van der Waals surface area contributed by atoms with Crippen LogP contribution in [0.5, 0.6) is 0 Å². The van der Waals surface area contributed by atoms with Gasteiger partial charge in [0.05, 0.1) is 22.7 Å². The van der Waals surface area contributed by atoms with Crippen molar-refractivity contribution in [1.29, 1.82) is 0 Å². The summed E-state index contributed by atoms with van der Waals surface area (Å²) in [4.78, 5) is 55.4. The molecule has 4 amide bonds. The molecule has 2 aromatic heterocycles. The fraction of sp³-hybridized carbons (Fsp3) is 0.357. The van der Waals surface area contributed by atoms with Crippen LogP contribution in [0.1, 0.15) is 101 Å². The molecule has 4 aliphatic rings. The van der Waals surface area contributed by atoms with Gasteiger partial charge in [-0.1, -0.05) is 82.6 Å². The molecule has 2 aliphatic carbocycles. The molecule has 0 unspecified atom stereocenters. The molecule has 12 heteroatoms. The lowest BCUT2D eigenvalue weighted by Gasteiger charge is -2.27. The second-order valence-corrected chi connectivity index (χ2v) is 17.0. The van der Waals surface area contributed by atoms with Crippen molar-refractivity contribution in [2.24, 2.45) is 0 Å². The number of carbonyl (C=O) groups excluding carboxylic acids is 4. The van der Waals surface area contributed by atoms with E-state index in [0.717, 1.165) is 116 Å². The van der Waals surface area contributed by atoms with Gasteiger partial charge in [0, 0.05) is 36.2 Å². The maximum Gasteiger partial charge on any atom is 0.411 e. The number of carbonyl (C=O) groups is 4. The number of aryl methyl sites for hydroxylation is 4. The van der Waals surface area contributed by atoms with Gasteiger partial charge in [0.25, 0.3) is 11.8 Å². The third-order valence-corrected chi connectivity index (χ3v) is 12.6. The van der Waals surface area contributed by atoms with E-state index < -0.39 is 12.2 Å². The number of nitrogens with zero attached hydrogens (tertiary/aromatic N) is 4. The van der Waals surface area contributed by atoms with E-state index >= 15 is 0 Å². The van der Waals surface area contributed by atoms with Crippen LogP contribution in [0, 0.1) is 0 Å². The number of hydrogen-bond donors (Lipinski definition) is 2. The zero-order valence-corrected chi connectivity index (χ0v) is 40.0. The quantitative estimate of drug-likeness (QED) is 0.157. The number of ether oxygens (including phenoxy) is 2. The minimum Gasteiger partial charge on any atom is -0.446 e. The van der Waals surface area contributed by atoms with Crippen molar-refractivity contribution in [3.05, 3.63) is 156 Å². The van der Waals surface area contributed by atoms with Crippen LogP contribution >= 0.6 is 0 Å². The molecule has 6 aromatic rings. The van der Waals surface area contributed by atoms with Gasteiger partial charge in [-0.05, 0) is 154 Å². The van der Waals surface area contributed by atoms with Crippen molar-refractivity contribution in [2.75, 3.05) is 20.4 Å². The van der Waals surface area contributed by atoms with Gasteiger partial charge in [0.1, 0.15) is 25.3 Å². The highest BCUT2D eigenvalue weighted by Crippen LogP contribution is 2.40. The van der Waals surface area contributed by atoms with Crippen molar-refractivity contribution in [2.45, 2.75) is 130 Å². The Hall–Kier alpha value is -7.08. The summed E-state index contributed by atoms with van der Waals surface area (Å²) in [5.74, 6) is -0.0512. The zero-order valence-electron chi connectivity index (χ0n) is 40.0. The molecular formula is C56H66N6O6. The zero-order chi connectivity index (χ0) is 47.8. The molecule has 4 heterocycles. The number of hydrogen-bond acceptors (Lipinski definition) is 6. The van der Waals surface area contributed by atoms with Gasteiger partial charge in [0.2, 0.25) is 0 Å². The Balaban J connectivity index is 0.000000188. The molecule has 0 atom stereocenters. The molecule has 356 valence electrons. The standard InChI is InChI=1S/C27H29N3O3.C25H25N3O3.2C2H6/c31-26(19-29-16-6-7-17-29)30-24-11-5-4-8-20(24)12-13-21-14-15-22(18-25(21)30)28-27(32)33-23-9-2-1-3-10-23;29-24(17-27-14-3-4-15-27)28-22-9-2-1-6-18(22)10-11-19-12-13-20(16-23(19)28)26-25(30)31-21-7-5-8-21;2*1-2/h4-8,11,14-18,23H,1-3,9-10,12-13,19H2,(H,28,32);1-4,6,9,12-16,21H,5,7-8,10-11,17H2,(H,26,30);2*1-2H3. The van der Waals surface area contributed by atoms with E-state index in [1.165, 1.54) is 6.42 Å². The molecule has 0 saturated heterocycles. The lowest BCUT2D eigenvalue weighted by Crippen LogP contribution is -2.30. The summed E-state index contributed by atoms with van der Waals surface area (Å²) >= 11 is 0. The SMILES string of the molecule is CC.CC.O=C(Nc1ccc2c(c1)N(C(=O)Cn1cccc1)c1ccccc1CC2)OC1CCC1.O=C(Nc1ccc2c(c1)N(C(=O)Cn1cccc1)c1ccccc1CC2)OC1CCCCC1. The summed E-state index contributed by atoms with van der Waals surface area (Å²) in [6.45, 7) is 8.48. The highest BCUT2D eigenvalue weighted by molar-refractivity contribution is 6.04. The molecule has 2 aliphatic heterocycles. The number of anilines is 6. The summed E-state index contributed by atoms with van der Waals surface area (Å²) in [6, 6.07) is 35.3. The Morgan fingerprint density at radius 1 is 0.456 bits per heavy atom. The van der Waals surface area contributed by atoms with E-state index in [4.69, 9.17) is 9.47 Å². The van der Waals surface area contributed by atoms with Crippen molar-refractivity contribution in [3.63, 3.8) is 0 Å². The second kappa shape index (κ2) is 24.1. The van der Waals surface area contributed by atoms with Gasteiger partial charge in [-0.2, -0.15) is 0 Å². The Labute approximate surface area is 401 Å². The smallest absolute Gasteiger partial charge is 0.411 e. The highest BCUT2D eigenvalue weighted by Gasteiger charge is 2.29. The summed E-state index contributed by atoms with van der Waals surface area (Å²) in [6.07, 6.45) is 18.3. The Kier molecular flexibility index (Phi) is 17.3. The lowest BCUT2D eigenvalue weighted by atomic mass is 9.96. The maximum atomic E-state index is 13.5. The minimum absolute atomic E-state index is 0.00824. The molecule has 0 bridgehead atoms. The van der Waals surface area contributed by atoms with E-state index in [0.29, 0.717) is 11.4 Å². The number of para-hydroxylation sites is 2. The van der Waals surface area contributed by atoms with Crippen LogP contribution in [0.2, 0.25) is 0 Å². The fourth-order valence-electron chi connectivity index (χ4n) is 9.01. The molecule has 2 fully saturated rings. The van der Waals surface area contributed by atoms with Crippen molar-refractivity contribution in [1.82, 2.24) is 9.13 Å². The lowest BCUT2D eigenvalue weighted by molar-refractivity contribution is -0.119. The maximum absolute atomic E-state index is 13.5. The summed E-state index contributed by atoms with van der Waals surface area (Å²) in [7, 11) is 0. The van der Waals surface area contributed by atoms with E-state index in [2.05, 4.69) is 22.8 Å². The molecule has 10 rings (SSSR count). The first-order valence-corrected chi connectivity index (χ1v) is 24.6. The van der Waals surface area contributed by atoms with Crippen LogP contribution in [-0.2, 0) is 57.8 Å². The van der Waals surface area contributed by atoms with Gasteiger partial charge in [-0.25, -0.2) is 9.59 Å². The van der Waals surface area contributed by atoms with E-state index in [-0.39, 0.29) is 37.1 Å². The van der Waals surface area contributed by atoms with Crippen molar-refractivity contribution in [3.8, 4) is 0 Å². The summed E-state index contributed by atoms with van der Waals surface area (Å²) < 4.78 is 14.8. The molecule has 4 aromatic carbocycles. The topological polar surface area (TPSA) is 127 Å². The number of aromatic nitrogens is 2. The molecule has 68 heavy (non-hydrogen) atoms. The van der Waals surface area contributed by atoms with Crippen LogP contribution in [0.25, 0.3) is 0 Å². The fourth-order valence-corrected chi connectivity index (χ4v) is 9.01. The van der Waals surface area contributed by atoms with Crippen LogP contribution < -0.4 is 20.4 Å². The average Bonchev–Trinajstić information content (AvgIpc) is 4.01. The predicted molar refractivity (Wildman–Crippen MR) is 271 cm³/mol. The van der Waals surface area contributed by atoms with Crippen LogP contribution in [0.15, 0.2) is 134 Å². The van der Waals surface area contributed by atoms with Gasteiger partial charge in [-0.15, -0.1) is 0 Å². The largest absolute Gasteiger partial charge is 0.446 e. The van der Waals surface area contributed by atoms with E-state index in [9.17, 15) is 19.2 Å². The summed E-state index contributed by atoms with van der Waals surface area (Å²) in [5, 5.41) is 5.72. The van der Waals surface area contributed by atoms with E-state index in [1.807, 2.05) is 159 Å². The summed E-state index contributed by atoms with van der Waals surface area (Å²) in [5.41, 5.74) is 9.11.